The molecule has 0 aromatic heterocycles. The van der Waals surface area contributed by atoms with Crippen molar-refractivity contribution in [3.63, 3.8) is 0 Å². The van der Waals surface area contributed by atoms with Crippen molar-refractivity contribution in [3.8, 4) is 0 Å². The van der Waals surface area contributed by atoms with Gasteiger partial charge in [-0.25, -0.2) is 8.78 Å². The first-order chi connectivity index (χ1) is 7.91. The number of nitrogens with one attached hydrogen (secondary N) is 1. The van der Waals surface area contributed by atoms with E-state index >= 15 is 0 Å². The summed E-state index contributed by atoms with van der Waals surface area (Å²) in [5, 5.41) is 3.70. The van der Waals surface area contributed by atoms with Crippen molar-refractivity contribution in [1.29, 1.82) is 0 Å². The van der Waals surface area contributed by atoms with E-state index in [0.29, 0.717) is 16.7 Å². The number of carbonyl (C=O) groups excluding carboxylic acids is 1. The number of rotatable bonds is 4. The Labute approximate surface area is 115 Å². The van der Waals surface area contributed by atoms with Gasteiger partial charge in [-0.05, 0) is 19.1 Å². The van der Waals surface area contributed by atoms with Crippen molar-refractivity contribution in [3.05, 3.63) is 35.4 Å². The molecule has 17 heavy (non-hydrogen) atoms. The zero-order valence-corrected chi connectivity index (χ0v) is 12.2. The number of hydrogen-bond donors (Lipinski definition) is 1. The van der Waals surface area contributed by atoms with Crippen LogP contribution in [0.5, 0.6) is 0 Å². The Bertz CT molecular complexity index is 422. The molecular weight excluding hydrogens is 360 g/mol. The topological polar surface area (TPSA) is 29.1 Å². The molecule has 0 fully saturated rings. The van der Waals surface area contributed by atoms with Gasteiger partial charge in [-0.1, -0.05) is 31.9 Å². The second kappa shape index (κ2) is 5.91. The fourth-order valence-corrected chi connectivity index (χ4v) is 2.33. The normalized spacial score (nSPS) is 11.4. The molecule has 0 unspecified atom stereocenters. The standard InChI is InChI=1S/C11H11Br2F2NO/c1-11(5-12,6-13)16-10(17)8-3-2-7(14)4-9(8)15/h2-4H,5-6H2,1H3,(H,16,17). The van der Waals surface area contributed by atoms with Gasteiger partial charge in [-0.15, -0.1) is 0 Å². The van der Waals surface area contributed by atoms with Gasteiger partial charge in [0.05, 0.1) is 11.1 Å². The molecule has 6 heteroatoms. The molecule has 1 N–H and O–H groups in total. The predicted octanol–water partition coefficient (Wildman–Crippen LogP) is 3.24. The lowest BCUT2D eigenvalue weighted by molar-refractivity contribution is 0.0919. The van der Waals surface area contributed by atoms with Gasteiger partial charge in [0.15, 0.2) is 0 Å². The van der Waals surface area contributed by atoms with Gasteiger partial charge in [0.2, 0.25) is 0 Å². The van der Waals surface area contributed by atoms with Crippen molar-refractivity contribution < 1.29 is 13.6 Å². The lowest BCUT2D eigenvalue weighted by atomic mass is 10.1. The Morgan fingerprint density at radius 1 is 1.35 bits per heavy atom. The van der Waals surface area contributed by atoms with Crippen LogP contribution in [0.2, 0.25) is 0 Å². The van der Waals surface area contributed by atoms with Gasteiger partial charge in [0.25, 0.3) is 5.91 Å². The number of benzene rings is 1. The van der Waals surface area contributed by atoms with E-state index in [0.717, 1.165) is 12.1 Å². The molecule has 0 saturated carbocycles. The van der Waals surface area contributed by atoms with E-state index in [-0.39, 0.29) is 5.56 Å². The Morgan fingerprint density at radius 3 is 2.41 bits per heavy atom. The Balaban J connectivity index is 2.90. The van der Waals surface area contributed by atoms with Gasteiger partial charge in [0.1, 0.15) is 11.6 Å². The van der Waals surface area contributed by atoms with Gasteiger partial charge in [-0.2, -0.15) is 0 Å². The van der Waals surface area contributed by atoms with E-state index in [9.17, 15) is 13.6 Å². The number of carbonyl (C=O) groups is 1. The van der Waals surface area contributed by atoms with Crippen LogP contribution in [0.1, 0.15) is 17.3 Å². The zero-order valence-electron chi connectivity index (χ0n) is 9.07. The minimum absolute atomic E-state index is 0.167. The van der Waals surface area contributed by atoms with Gasteiger partial charge >= 0.3 is 0 Å². The Kier molecular flexibility index (Phi) is 5.06. The van der Waals surface area contributed by atoms with Crippen LogP contribution in [0.3, 0.4) is 0 Å². The monoisotopic (exact) mass is 369 g/mol. The second-order valence-electron chi connectivity index (χ2n) is 3.91. The highest BCUT2D eigenvalue weighted by molar-refractivity contribution is 9.09. The third-order valence-electron chi connectivity index (χ3n) is 2.18. The Hall–Kier alpha value is -0.490. The molecule has 0 aliphatic carbocycles. The van der Waals surface area contributed by atoms with Crippen LogP contribution in [-0.2, 0) is 0 Å². The summed E-state index contributed by atoms with van der Waals surface area (Å²) in [4.78, 5) is 11.8. The number of halogens is 4. The van der Waals surface area contributed by atoms with E-state index in [1.54, 1.807) is 6.92 Å². The van der Waals surface area contributed by atoms with E-state index < -0.39 is 23.1 Å². The summed E-state index contributed by atoms with van der Waals surface area (Å²) in [5.74, 6) is -2.14. The van der Waals surface area contributed by atoms with E-state index in [1.807, 2.05) is 0 Å². The first kappa shape index (κ1) is 14.6. The first-order valence-corrected chi connectivity index (χ1v) is 7.05. The summed E-state index contributed by atoms with van der Waals surface area (Å²) >= 11 is 6.53. The van der Waals surface area contributed by atoms with E-state index in [1.165, 1.54) is 0 Å². The van der Waals surface area contributed by atoms with Crippen LogP contribution in [0.15, 0.2) is 18.2 Å². The zero-order chi connectivity index (χ0) is 13.1. The van der Waals surface area contributed by atoms with Gasteiger partial charge in [-0.3, -0.25) is 4.79 Å². The number of amides is 1. The first-order valence-electron chi connectivity index (χ1n) is 4.81. The van der Waals surface area contributed by atoms with Crippen molar-refractivity contribution in [2.24, 2.45) is 0 Å². The van der Waals surface area contributed by atoms with Crippen molar-refractivity contribution >= 4 is 37.8 Å². The van der Waals surface area contributed by atoms with Crippen molar-refractivity contribution in [2.45, 2.75) is 12.5 Å². The van der Waals surface area contributed by atoms with Crippen LogP contribution in [0.4, 0.5) is 8.78 Å². The molecule has 0 atom stereocenters. The van der Waals surface area contributed by atoms with E-state index in [2.05, 4.69) is 37.2 Å². The molecule has 1 aromatic carbocycles. The Morgan fingerprint density at radius 2 is 1.94 bits per heavy atom. The largest absolute Gasteiger partial charge is 0.345 e. The molecule has 1 rings (SSSR count). The van der Waals surface area contributed by atoms with Gasteiger partial charge < -0.3 is 5.32 Å². The van der Waals surface area contributed by atoms with Crippen LogP contribution >= 0.6 is 31.9 Å². The highest BCUT2D eigenvalue weighted by Crippen LogP contribution is 2.15. The number of alkyl halides is 2. The van der Waals surface area contributed by atoms with Crippen LogP contribution in [0.25, 0.3) is 0 Å². The average molecular weight is 371 g/mol. The van der Waals surface area contributed by atoms with Gasteiger partial charge in [0, 0.05) is 16.7 Å². The summed E-state index contributed by atoms with van der Waals surface area (Å²) < 4.78 is 26.1. The molecule has 94 valence electrons. The third-order valence-corrected chi connectivity index (χ3v) is 4.66. The average Bonchev–Trinajstić information content (AvgIpc) is 2.28. The summed E-state index contributed by atoms with van der Waals surface area (Å²) in [5.41, 5.74) is -0.697. The molecule has 0 spiro atoms. The second-order valence-corrected chi connectivity index (χ2v) is 5.03. The summed E-state index contributed by atoms with van der Waals surface area (Å²) in [6.45, 7) is 1.80. The predicted molar refractivity (Wildman–Crippen MR) is 69.8 cm³/mol. The molecular formula is C11H11Br2F2NO. The molecule has 2 nitrogen and oxygen atoms in total. The highest BCUT2D eigenvalue weighted by Gasteiger charge is 2.25. The fourth-order valence-electron chi connectivity index (χ4n) is 1.12. The van der Waals surface area contributed by atoms with Crippen LogP contribution in [0, 0.1) is 11.6 Å². The highest BCUT2D eigenvalue weighted by atomic mass is 79.9. The molecule has 1 amide bonds. The fraction of sp³-hybridized carbons (Fsp3) is 0.364. The molecule has 0 aliphatic rings. The SMILES string of the molecule is CC(CBr)(CBr)NC(=O)c1ccc(F)cc1F. The molecule has 0 saturated heterocycles. The minimum atomic E-state index is -0.867. The summed E-state index contributed by atoms with van der Waals surface area (Å²) in [6, 6.07) is 2.87. The van der Waals surface area contributed by atoms with Crippen molar-refractivity contribution in [1.82, 2.24) is 5.32 Å². The van der Waals surface area contributed by atoms with Crippen LogP contribution in [-0.4, -0.2) is 22.1 Å². The third kappa shape index (κ3) is 3.74. The maximum absolute atomic E-state index is 13.4. The molecule has 0 radical (unpaired) electrons. The number of hydrogen-bond acceptors (Lipinski definition) is 1. The maximum atomic E-state index is 13.4. The minimum Gasteiger partial charge on any atom is -0.345 e. The van der Waals surface area contributed by atoms with E-state index in [4.69, 9.17) is 0 Å². The molecule has 0 bridgehead atoms. The quantitative estimate of drug-likeness (QED) is 0.810. The van der Waals surface area contributed by atoms with Crippen LogP contribution < -0.4 is 5.32 Å². The summed E-state index contributed by atoms with van der Waals surface area (Å²) in [7, 11) is 0. The summed E-state index contributed by atoms with van der Waals surface area (Å²) in [6.07, 6.45) is 0. The molecule has 0 aliphatic heterocycles. The van der Waals surface area contributed by atoms with Crippen molar-refractivity contribution in [2.75, 3.05) is 10.7 Å². The lowest BCUT2D eigenvalue weighted by Crippen LogP contribution is -2.49. The molecule has 1 aromatic rings. The molecule has 0 heterocycles. The smallest absolute Gasteiger partial charge is 0.254 e. The maximum Gasteiger partial charge on any atom is 0.254 e. The lowest BCUT2D eigenvalue weighted by Gasteiger charge is -2.26.